The molecule has 2 unspecified atom stereocenters. The fourth-order valence-corrected chi connectivity index (χ4v) is 4.67. The number of amides is 2. The summed E-state index contributed by atoms with van der Waals surface area (Å²) < 4.78 is 11.7. The van der Waals surface area contributed by atoms with Crippen molar-refractivity contribution in [3.63, 3.8) is 0 Å². The van der Waals surface area contributed by atoms with E-state index >= 15 is 0 Å². The summed E-state index contributed by atoms with van der Waals surface area (Å²) in [7, 11) is 0. The molecule has 2 atom stereocenters. The first-order valence-electron chi connectivity index (χ1n) is 17.1. The molecular formula is C38H61N3O4. The maximum Gasteiger partial charge on any atom is 0.247 e. The number of nitrogens with two attached hydrogens (primary N) is 1. The third-order valence-corrected chi connectivity index (χ3v) is 7.21. The molecule has 0 bridgehead atoms. The highest BCUT2D eigenvalue weighted by Crippen LogP contribution is 2.22. The van der Waals surface area contributed by atoms with Gasteiger partial charge in [-0.25, -0.2) is 0 Å². The molecule has 45 heavy (non-hydrogen) atoms. The lowest BCUT2D eigenvalue weighted by atomic mass is 9.92. The van der Waals surface area contributed by atoms with Crippen LogP contribution in [0.15, 0.2) is 84.6 Å². The lowest BCUT2D eigenvalue weighted by molar-refractivity contribution is -0.121. The summed E-state index contributed by atoms with van der Waals surface area (Å²) in [5.41, 5.74) is 6.86. The van der Waals surface area contributed by atoms with E-state index in [2.05, 4.69) is 98.2 Å². The summed E-state index contributed by atoms with van der Waals surface area (Å²) in [5.74, 6) is -0.105. The Bertz CT molecular complexity index is 989. The Morgan fingerprint density at radius 2 is 1.31 bits per heavy atom. The van der Waals surface area contributed by atoms with Crippen LogP contribution in [0, 0.1) is 0 Å². The van der Waals surface area contributed by atoms with Crippen LogP contribution in [0.2, 0.25) is 0 Å². The minimum Gasteiger partial charge on any atom is -0.378 e. The van der Waals surface area contributed by atoms with Crippen molar-refractivity contribution in [2.75, 3.05) is 26.3 Å². The number of allylic oxidation sites excluding steroid dienone is 12. The summed E-state index contributed by atoms with van der Waals surface area (Å²) in [6.45, 7) is 8.00. The normalized spacial score (nSPS) is 17.7. The van der Waals surface area contributed by atoms with Gasteiger partial charge in [-0.2, -0.15) is 0 Å². The fraction of sp³-hybridized carbons (Fsp3) is 0.579. The molecule has 0 heterocycles. The van der Waals surface area contributed by atoms with E-state index in [0.717, 1.165) is 57.8 Å². The van der Waals surface area contributed by atoms with Crippen LogP contribution in [0.5, 0.6) is 0 Å². The van der Waals surface area contributed by atoms with E-state index in [0.29, 0.717) is 51.1 Å². The van der Waals surface area contributed by atoms with Crippen LogP contribution in [-0.2, 0) is 19.1 Å². The predicted octanol–water partition coefficient (Wildman–Crippen LogP) is 7.33. The van der Waals surface area contributed by atoms with Crippen molar-refractivity contribution >= 4 is 11.8 Å². The first-order valence-corrected chi connectivity index (χ1v) is 17.1. The summed E-state index contributed by atoms with van der Waals surface area (Å²) in [4.78, 5) is 24.6. The Morgan fingerprint density at radius 1 is 0.800 bits per heavy atom. The SMILES string of the molecule is CC/C=C\C/C=C\C/C=C\C/C=C\C/C=C\C/C=C\CCC(=O)NCCOCCNC(=O)C1=CC(OC(CC)CC)CC(N)C1. The predicted molar refractivity (Wildman–Crippen MR) is 189 cm³/mol. The minimum atomic E-state index is -0.116. The number of carbonyl (C=O) groups excluding carboxylic acids is 2. The van der Waals surface area contributed by atoms with Crippen LogP contribution < -0.4 is 16.4 Å². The van der Waals surface area contributed by atoms with Crippen molar-refractivity contribution in [3.8, 4) is 0 Å². The maximum absolute atomic E-state index is 12.6. The molecule has 7 nitrogen and oxygen atoms in total. The molecule has 0 aromatic heterocycles. The summed E-state index contributed by atoms with van der Waals surface area (Å²) >= 11 is 0. The molecule has 1 aliphatic rings. The van der Waals surface area contributed by atoms with Gasteiger partial charge in [0.25, 0.3) is 0 Å². The molecular weight excluding hydrogens is 562 g/mol. The number of carbonyl (C=O) groups is 2. The van der Waals surface area contributed by atoms with E-state index in [-0.39, 0.29) is 30.1 Å². The first-order chi connectivity index (χ1) is 22.0. The van der Waals surface area contributed by atoms with Gasteiger partial charge in [0, 0.05) is 31.1 Å². The van der Waals surface area contributed by atoms with E-state index in [4.69, 9.17) is 15.2 Å². The highest BCUT2D eigenvalue weighted by molar-refractivity contribution is 5.93. The number of rotatable bonds is 25. The molecule has 7 heteroatoms. The van der Waals surface area contributed by atoms with Gasteiger partial charge < -0.3 is 25.8 Å². The van der Waals surface area contributed by atoms with Gasteiger partial charge in [0.2, 0.25) is 11.8 Å². The first kappa shape index (κ1) is 40.0. The van der Waals surface area contributed by atoms with Gasteiger partial charge in [0.15, 0.2) is 0 Å². The van der Waals surface area contributed by atoms with E-state index in [1.54, 1.807) is 0 Å². The molecule has 252 valence electrons. The number of hydrogen-bond donors (Lipinski definition) is 3. The molecule has 0 spiro atoms. The van der Waals surface area contributed by atoms with Gasteiger partial charge in [-0.1, -0.05) is 93.7 Å². The number of nitrogens with one attached hydrogen (secondary N) is 2. The molecule has 1 aliphatic carbocycles. The van der Waals surface area contributed by atoms with Gasteiger partial charge in [0.05, 0.1) is 25.4 Å². The zero-order valence-corrected chi connectivity index (χ0v) is 28.3. The van der Waals surface area contributed by atoms with Gasteiger partial charge in [-0.15, -0.1) is 0 Å². The van der Waals surface area contributed by atoms with Gasteiger partial charge in [-0.3, -0.25) is 9.59 Å². The fourth-order valence-electron chi connectivity index (χ4n) is 4.67. The molecule has 0 aromatic rings. The topological polar surface area (TPSA) is 103 Å². The Hall–Kier alpha value is -3.00. The molecule has 0 saturated carbocycles. The van der Waals surface area contributed by atoms with Gasteiger partial charge in [0.1, 0.15) is 0 Å². The minimum absolute atomic E-state index is 0.0113. The van der Waals surface area contributed by atoms with Crippen molar-refractivity contribution in [1.29, 1.82) is 0 Å². The van der Waals surface area contributed by atoms with Crippen LogP contribution >= 0.6 is 0 Å². The number of hydrogen-bond acceptors (Lipinski definition) is 5. The molecule has 1 rings (SSSR count). The zero-order chi connectivity index (χ0) is 32.8. The lowest BCUT2D eigenvalue weighted by Crippen LogP contribution is -2.38. The van der Waals surface area contributed by atoms with Crippen LogP contribution in [0.3, 0.4) is 0 Å². The Kier molecular flexibility index (Phi) is 25.3. The molecule has 4 N–H and O–H groups in total. The van der Waals surface area contributed by atoms with Crippen LogP contribution in [0.25, 0.3) is 0 Å². The van der Waals surface area contributed by atoms with Crippen molar-refractivity contribution < 1.29 is 19.1 Å². The van der Waals surface area contributed by atoms with Gasteiger partial charge in [-0.05, 0) is 76.7 Å². The third-order valence-electron chi connectivity index (χ3n) is 7.21. The van der Waals surface area contributed by atoms with E-state index in [9.17, 15) is 9.59 Å². The smallest absolute Gasteiger partial charge is 0.247 e. The van der Waals surface area contributed by atoms with E-state index in [1.807, 2.05) is 12.2 Å². The average Bonchev–Trinajstić information content (AvgIpc) is 3.03. The summed E-state index contributed by atoms with van der Waals surface area (Å²) in [6.07, 6.45) is 38.3. The molecule has 0 fully saturated rings. The zero-order valence-electron chi connectivity index (χ0n) is 28.3. The van der Waals surface area contributed by atoms with Crippen molar-refractivity contribution in [1.82, 2.24) is 10.6 Å². The average molecular weight is 624 g/mol. The number of ether oxygens (including phenoxy) is 2. The monoisotopic (exact) mass is 623 g/mol. The molecule has 2 amide bonds. The summed E-state index contributed by atoms with van der Waals surface area (Å²) in [5, 5.41) is 5.77. The Morgan fingerprint density at radius 3 is 1.84 bits per heavy atom. The van der Waals surface area contributed by atoms with Gasteiger partial charge >= 0.3 is 0 Å². The highest BCUT2D eigenvalue weighted by Gasteiger charge is 2.25. The van der Waals surface area contributed by atoms with Crippen molar-refractivity contribution in [2.45, 2.75) is 116 Å². The molecule has 0 saturated heterocycles. The van der Waals surface area contributed by atoms with E-state index < -0.39 is 0 Å². The van der Waals surface area contributed by atoms with Crippen LogP contribution in [0.1, 0.15) is 97.8 Å². The lowest BCUT2D eigenvalue weighted by Gasteiger charge is -2.28. The van der Waals surface area contributed by atoms with Crippen molar-refractivity contribution in [2.24, 2.45) is 5.73 Å². The quantitative estimate of drug-likeness (QED) is 0.0730. The van der Waals surface area contributed by atoms with Crippen LogP contribution in [-0.4, -0.2) is 56.4 Å². The Balaban J connectivity index is 2.02. The molecule has 0 aliphatic heterocycles. The largest absolute Gasteiger partial charge is 0.378 e. The standard InChI is InChI=1S/C38H61N3O4/c1-4-7-8-9-10-11-12-13-14-15-16-17-18-19-20-21-22-23-24-25-37(42)40-26-28-44-29-27-41-38(43)33-30-34(39)32-36(31-33)45-35(5-2)6-3/h7-8,10-11,13-14,16-17,19-20,22-23,31,34-36H,4-6,9,12,15,18,21,24-30,32,39H2,1-3H3,(H,40,42)(H,41,43)/b8-7-,11-10-,14-13-,17-16-,20-19-,23-22-. The van der Waals surface area contributed by atoms with Crippen LogP contribution in [0.4, 0.5) is 0 Å². The second-order valence-corrected chi connectivity index (χ2v) is 11.2. The molecule has 0 radical (unpaired) electrons. The maximum atomic E-state index is 12.6. The summed E-state index contributed by atoms with van der Waals surface area (Å²) in [6, 6.07) is -0.0747. The molecule has 0 aromatic carbocycles. The second-order valence-electron chi connectivity index (χ2n) is 11.2. The van der Waals surface area contributed by atoms with Crippen molar-refractivity contribution in [3.05, 3.63) is 84.6 Å². The third kappa shape index (κ3) is 23.1. The highest BCUT2D eigenvalue weighted by atomic mass is 16.5. The second kappa shape index (κ2) is 28.5. The Labute approximate surface area is 273 Å². The van der Waals surface area contributed by atoms with E-state index in [1.165, 1.54) is 0 Å².